The molecule has 2 N–H and O–H groups in total. The standard InChI is InChI=1S/C44H78O6/c1-4-5-34-41(45)35-30-26-22-18-14-11-12-16-20-24-28-32-37-44(48)50-39-42(46)38-49-43(47)36-31-27-23-19-15-10-8-6-7-9-13-17-21-25-29-33-40(2)3/h11-12,18,20,22,24,30,35,40-42,45-46H,4-10,13-17,19,21,23,25-29,31-34,36-39H2,1-3H3/b12-11-,22-18-,24-20-,35-30-/t41-,42-/m0/s1. The molecule has 0 radical (unpaired) electrons. The first kappa shape index (κ1) is 47.8. The predicted molar refractivity (Wildman–Crippen MR) is 211 cm³/mol. The van der Waals surface area contributed by atoms with Crippen LogP contribution in [0.25, 0.3) is 0 Å². The average Bonchev–Trinajstić information content (AvgIpc) is 3.10. The van der Waals surface area contributed by atoms with Crippen LogP contribution >= 0.6 is 0 Å². The Morgan fingerprint density at radius 2 is 0.940 bits per heavy atom. The molecule has 6 heteroatoms. The van der Waals surface area contributed by atoms with Crippen LogP contribution in [-0.2, 0) is 19.1 Å². The molecule has 0 aliphatic carbocycles. The molecule has 0 aromatic carbocycles. The van der Waals surface area contributed by atoms with E-state index in [9.17, 15) is 19.8 Å². The van der Waals surface area contributed by atoms with Gasteiger partial charge in [0, 0.05) is 12.8 Å². The van der Waals surface area contributed by atoms with E-state index >= 15 is 0 Å². The lowest BCUT2D eigenvalue weighted by molar-refractivity contribution is -0.152. The number of hydrogen-bond acceptors (Lipinski definition) is 6. The van der Waals surface area contributed by atoms with Crippen molar-refractivity contribution in [3.05, 3.63) is 48.6 Å². The van der Waals surface area contributed by atoms with Crippen molar-refractivity contribution in [2.24, 2.45) is 5.92 Å². The van der Waals surface area contributed by atoms with Crippen molar-refractivity contribution >= 4 is 11.9 Å². The van der Waals surface area contributed by atoms with Crippen LogP contribution in [0, 0.1) is 5.92 Å². The molecule has 290 valence electrons. The van der Waals surface area contributed by atoms with Gasteiger partial charge in [0.2, 0.25) is 0 Å². The van der Waals surface area contributed by atoms with E-state index in [-0.39, 0.29) is 31.3 Å². The number of rotatable bonds is 36. The molecule has 0 aromatic rings. The van der Waals surface area contributed by atoms with Crippen molar-refractivity contribution in [1.29, 1.82) is 0 Å². The quantitative estimate of drug-likeness (QED) is 0.0383. The highest BCUT2D eigenvalue weighted by Crippen LogP contribution is 2.15. The molecule has 0 heterocycles. The van der Waals surface area contributed by atoms with Gasteiger partial charge in [-0.05, 0) is 50.9 Å². The van der Waals surface area contributed by atoms with E-state index in [1.807, 2.05) is 12.2 Å². The first-order chi connectivity index (χ1) is 24.3. The van der Waals surface area contributed by atoms with Crippen LogP contribution in [-0.4, -0.2) is 47.6 Å². The van der Waals surface area contributed by atoms with E-state index in [1.165, 1.54) is 83.5 Å². The number of carbonyl (C=O) groups excluding carboxylic acids is 2. The Hall–Kier alpha value is -2.18. The number of unbranched alkanes of at least 4 members (excludes halogenated alkanes) is 16. The molecule has 6 nitrogen and oxygen atoms in total. The Labute approximate surface area is 308 Å². The molecule has 2 atom stereocenters. The molecule has 0 saturated carbocycles. The maximum Gasteiger partial charge on any atom is 0.305 e. The van der Waals surface area contributed by atoms with Gasteiger partial charge in [0.1, 0.15) is 19.3 Å². The summed E-state index contributed by atoms with van der Waals surface area (Å²) in [7, 11) is 0. The number of allylic oxidation sites excluding steroid dienone is 7. The number of aliphatic hydroxyl groups excluding tert-OH is 2. The molecule has 0 bridgehead atoms. The topological polar surface area (TPSA) is 93.1 Å². The minimum Gasteiger partial charge on any atom is -0.463 e. The van der Waals surface area contributed by atoms with Gasteiger partial charge in [-0.3, -0.25) is 9.59 Å². The van der Waals surface area contributed by atoms with E-state index in [2.05, 4.69) is 57.2 Å². The predicted octanol–water partition coefficient (Wildman–Crippen LogP) is 11.8. The van der Waals surface area contributed by atoms with Crippen LogP contribution in [0.1, 0.15) is 188 Å². The summed E-state index contributed by atoms with van der Waals surface area (Å²) in [5.41, 5.74) is 0. The zero-order chi connectivity index (χ0) is 36.8. The fraction of sp³-hybridized carbons (Fsp3) is 0.773. The largest absolute Gasteiger partial charge is 0.463 e. The lowest BCUT2D eigenvalue weighted by Gasteiger charge is -2.12. The van der Waals surface area contributed by atoms with Crippen LogP contribution in [0.3, 0.4) is 0 Å². The van der Waals surface area contributed by atoms with Gasteiger partial charge in [-0.2, -0.15) is 0 Å². The Kier molecular flexibility index (Phi) is 36.4. The molecule has 0 aliphatic heterocycles. The molecular weight excluding hydrogens is 624 g/mol. The second-order valence-electron chi connectivity index (χ2n) is 14.4. The van der Waals surface area contributed by atoms with Gasteiger partial charge >= 0.3 is 11.9 Å². The summed E-state index contributed by atoms with van der Waals surface area (Å²) in [6.07, 6.45) is 43.7. The average molecular weight is 703 g/mol. The van der Waals surface area contributed by atoms with Crippen molar-refractivity contribution in [3.8, 4) is 0 Å². The summed E-state index contributed by atoms with van der Waals surface area (Å²) in [5.74, 6) is 0.202. The van der Waals surface area contributed by atoms with E-state index in [4.69, 9.17) is 9.47 Å². The third-order valence-electron chi connectivity index (χ3n) is 8.82. The van der Waals surface area contributed by atoms with Gasteiger partial charge in [-0.1, -0.05) is 179 Å². The molecule has 0 amide bonds. The third-order valence-corrected chi connectivity index (χ3v) is 8.82. The summed E-state index contributed by atoms with van der Waals surface area (Å²) in [6.45, 7) is 6.46. The summed E-state index contributed by atoms with van der Waals surface area (Å²) in [4.78, 5) is 23.9. The maximum atomic E-state index is 12.0. The molecule has 0 spiro atoms. The van der Waals surface area contributed by atoms with Gasteiger partial charge in [0.05, 0.1) is 6.10 Å². The Morgan fingerprint density at radius 1 is 0.520 bits per heavy atom. The zero-order valence-corrected chi connectivity index (χ0v) is 32.7. The van der Waals surface area contributed by atoms with Crippen molar-refractivity contribution in [1.82, 2.24) is 0 Å². The van der Waals surface area contributed by atoms with Gasteiger partial charge in [0.25, 0.3) is 0 Å². The molecule has 0 aliphatic rings. The molecule has 0 rings (SSSR count). The number of aliphatic hydroxyl groups is 2. The number of carbonyl (C=O) groups is 2. The highest BCUT2D eigenvalue weighted by atomic mass is 16.6. The number of hydrogen-bond donors (Lipinski definition) is 2. The Bertz CT molecular complexity index is 874. The zero-order valence-electron chi connectivity index (χ0n) is 32.7. The number of ether oxygens (including phenoxy) is 2. The van der Waals surface area contributed by atoms with Crippen molar-refractivity contribution in [2.45, 2.75) is 200 Å². The molecule has 0 saturated heterocycles. The van der Waals surface area contributed by atoms with Crippen molar-refractivity contribution < 1.29 is 29.3 Å². The normalized spacial score (nSPS) is 13.4. The second kappa shape index (κ2) is 38.1. The van der Waals surface area contributed by atoms with E-state index < -0.39 is 6.10 Å². The summed E-state index contributed by atoms with van der Waals surface area (Å²) >= 11 is 0. The van der Waals surface area contributed by atoms with Gasteiger partial charge in [-0.15, -0.1) is 0 Å². The van der Waals surface area contributed by atoms with E-state index in [1.54, 1.807) is 0 Å². The minimum atomic E-state index is -0.996. The van der Waals surface area contributed by atoms with Crippen molar-refractivity contribution in [2.75, 3.05) is 13.2 Å². The van der Waals surface area contributed by atoms with Crippen LogP contribution in [0.5, 0.6) is 0 Å². The first-order valence-corrected chi connectivity index (χ1v) is 20.6. The SMILES string of the molecule is CCCC[C@H](O)/C=C\C/C=C\C/C=C\C/C=C\CCCC(=O)OC[C@@H](O)COC(=O)CCCCCCCCCCCCCCCCCC(C)C. The fourth-order valence-electron chi connectivity index (χ4n) is 5.63. The Morgan fingerprint density at radius 3 is 1.42 bits per heavy atom. The number of esters is 2. The third kappa shape index (κ3) is 38.6. The molecule has 50 heavy (non-hydrogen) atoms. The monoisotopic (exact) mass is 703 g/mol. The lowest BCUT2D eigenvalue weighted by atomic mass is 10.0. The minimum absolute atomic E-state index is 0.142. The summed E-state index contributed by atoms with van der Waals surface area (Å²) < 4.78 is 10.3. The van der Waals surface area contributed by atoms with Crippen molar-refractivity contribution in [3.63, 3.8) is 0 Å². The Balaban J connectivity index is 3.54. The molecule has 0 aromatic heterocycles. The van der Waals surface area contributed by atoms with Crippen LogP contribution in [0.4, 0.5) is 0 Å². The van der Waals surface area contributed by atoms with E-state index in [0.717, 1.165) is 70.1 Å². The van der Waals surface area contributed by atoms with Gasteiger partial charge in [0.15, 0.2) is 0 Å². The van der Waals surface area contributed by atoms with Gasteiger partial charge < -0.3 is 19.7 Å². The first-order valence-electron chi connectivity index (χ1n) is 20.6. The smallest absolute Gasteiger partial charge is 0.305 e. The van der Waals surface area contributed by atoms with Crippen LogP contribution < -0.4 is 0 Å². The highest BCUT2D eigenvalue weighted by Gasteiger charge is 2.12. The maximum absolute atomic E-state index is 12.0. The molecule has 0 unspecified atom stereocenters. The fourth-order valence-corrected chi connectivity index (χ4v) is 5.63. The lowest BCUT2D eigenvalue weighted by Crippen LogP contribution is -2.25. The summed E-state index contributed by atoms with van der Waals surface area (Å²) in [5, 5.41) is 19.8. The summed E-state index contributed by atoms with van der Waals surface area (Å²) in [6, 6.07) is 0. The van der Waals surface area contributed by atoms with Crippen LogP contribution in [0.15, 0.2) is 48.6 Å². The van der Waals surface area contributed by atoms with Crippen LogP contribution in [0.2, 0.25) is 0 Å². The van der Waals surface area contributed by atoms with E-state index in [0.29, 0.717) is 19.3 Å². The second-order valence-corrected chi connectivity index (χ2v) is 14.4. The molecule has 0 fully saturated rings. The molecular formula is C44H78O6. The van der Waals surface area contributed by atoms with Gasteiger partial charge in [-0.25, -0.2) is 0 Å². The highest BCUT2D eigenvalue weighted by molar-refractivity contribution is 5.69.